The summed E-state index contributed by atoms with van der Waals surface area (Å²) in [5.74, 6) is 0.885. The third-order valence-corrected chi connectivity index (χ3v) is 6.44. The Kier molecular flexibility index (Phi) is 5.49. The molecule has 0 spiro atoms. The van der Waals surface area contributed by atoms with Gasteiger partial charge in [-0.15, -0.1) is 23.1 Å². The minimum atomic E-state index is -0.461. The fourth-order valence-corrected chi connectivity index (χ4v) is 5.30. The number of thiophene rings is 1. The van der Waals surface area contributed by atoms with Crippen LogP contribution in [0.15, 0.2) is 29.2 Å². The number of carbonyl (C=O) groups is 2. The van der Waals surface area contributed by atoms with Crippen molar-refractivity contribution in [2.24, 2.45) is 11.7 Å². The van der Waals surface area contributed by atoms with Crippen LogP contribution in [0.1, 0.15) is 51.4 Å². The number of anilines is 1. The molecule has 0 radical (unpaired) electrons. The number of hydrogen-bond donors (Lipinski definition) is 2. The summed E-state index contributed by atoms with van der Waals surface area (Å²) in [5.41, 5.74) is 7.73. The van der Waals surface area contributed by atoms with E-state index in [0.29, 0.717) is 22.0 Å². The van der Waals surface area contributed by atoms with Gasteiger partial charge in [-0.3, -0.25) is 9.59 Å². The summed E-state index contributed by atoms with van der Waals surface area (Å²) in [5, 5.41) is 3.51. The van der Waals surface area contributed by atoms with E-state index >= 15 is 0 Å². The maximum absolute atomic E-state index is 12.7. The van der Waals surface area contributed by atoms with Crippen LogP contribution in [0.4, 0.5) is 5.00 Å². The van der Waals surface area contributed by atoms with E-state index < -0.39 is 5.91 Å². The van der Waals surface area contributed by atoms with Crippen molar-refractivity contribution < 1.29 is 9.59 Å². The molecule has 1 aliphatic rings. The number of thioether (sulfide) groups is 1. The molecule has 3 rings (SSSR count). The van der Waals surface area contributed by atoms with E-state index in [9.17, 15) is 9.59 Å². The second kappa shape index (κ2) is 7.62. The highest BCUT2D eigenvalue weighted by Gasteiger charge is 2.27. The third-order valence-electron chi connectivity index (χ3n) is 4.39. The summed E-state index contributed by atoms with van der Waals surface area (Å²) < 4.78 is 0. The van der Waals surface area contributed by atoms with Gasteiger partial charge in [-0.05, 0) is 54.7 Å². The van der Waals surface area contributed by atoms with Crippen LogP contribution in [0.2, 0.25) is 0 Å². The molecule has 0 saturated heterocycles. The number of hydrogen-bond acceptors (Lipinski definition) is 4. The fourth-order valence-electron chi connectivity index (χ4n) is 3.17. The number of rotatable bonds is 5. The monoisotopic (exact) mass is 374 g/mol. The highest BCUT2D eigenvalue weighted by Crippen LogP contribution is 2.39. The van der Waals surface area contributed by atoms with Crippen LogP contribution in [0.25, 0.3) is 0 Å². The van der Waals surface area contributed by atoms with Gasteiger partial charge in [0.1, 0.15) is 5.00 Å². The lowest BCUT2D eigenvalue weighted by Crippen LogP contribution is -2.19. The van der Waals surface area contributed by atoms with Gasteiger partial charge < -0.3 is 11.1 Å². The first-order valence-electron chi connectivity index (χ1n) is 8.48. The molecule has 2 aromatic rings. The van der Waals surface area contributed by atoms with E-state index in [2.05, 4.69) is 19.2 Å². The number of carbonyl (C=O) groups excluding carboxylic acids is 2. The highest BCUT2D eigenvalue weighted by molar-refractivity contribution is 7.99. The maximum Gasteiger partial charge on any atom is 0.256 e. The number of nitrogens with two attached hydrogens (primary N) is 1. The van der Waals surface area contributed by atoms with E-state index in [1.807, 2.05) is 18.2 Å². The molecule has 25 heavy (non-hydrogen) atoms. The minimum Gasteiger partial charge on any atom is -0.365 e. The summed E-state index contributed by atoms with van der Waals surface area (Å²) >= 11 is 3.19. The Morgan fingerprint density at radius 3 is 2.92 bits per heavy atom. The normalized spacial score (nSPS) is 16.3. The van der Waals surface area contributed by atoms with Crippen molar-refractivity contribution in [1.29, 1.82) is 0 Å². The summed E-state index contributed by atoms with van der Waals surface area (Å²) in [6.07, 6.45) is 2.84. The van der Waals surface area contributed by atoms with Crippen LogP contribution in [0, 0.1) is 5.92 Å². The lowest BCUT2D eigenvalue weighted by molar-refractivity contribution is 0.1000. The number of primary amides is 1. The van der Waals surface area contributed by atoms with Crippen LogP contribution in [0.5, 0.6) is 0 Å². The van der Waals surface area contributed by atoms with Crippen molar-refractivity contribution in [3.63, 3.8) is 0 Å². The van der Waals surface area contributed by atoms with Crippen molar-refractivity contribution in [3.05, 3.63) is 45.8 Å². The van der Waals surface area contributed by atoms with Crippen LogP contribution >= 0.6 is 23.1 Å². The summed E-state index contributed by atoms with van der Waals surface area (Å²) in [7, 11) is 0. The van der Waals surface area contributed by atoms with Crippen molar-refractivity contribution >= 4 is 39.9 Å². The van der Waals surface area contributed by atoms with Crippen molar-refractivity contribution in [1.82, 2.24) is 0 Å². The first-order valence-corrected chi connectivity index (χ1v) is 10.3. The van der Waals surface area contributed by atoms with Crippen molar-refractivity contribution in [3.8, 4) is 0 Å². The van der Waals surface area contributed by atoms with Crippen molar-refractivity contribution in [2.45, 2.75) is 38.0 Å². The zero-order chi connectivity index (χ0) is 18.0. The molecule has 132 valence electrons. The van der Waals surface area contributed by atoms with E-state index in [1.165, 1.54) is 16.2 Å². The SMILES string of the molecule is CCSc1cccc(C(=O)Nc2sc3c(c2C(N)=O)CCC(C)C3)c1. The van der Waals surface area contributed by atoms with Crippen LogP contribution < -0.4 is 11.1 Å². The molecule has 0 saturated carbocycles. The average molecular weight is 375 g/mol. The Balaban J connectivity index is 1.88. The maximum atomic E-state index is 12.7. The van der Waals surface area contributed by atoms with Gasteiger partial charge in [-0.2, -0.15) is 0 Å². The van der Waals surface area contributed by atoms with Gasteiger partial charge in [0.15, 0.2) is 0 Å². The molecule has 1 aliphatic carbocycles. The molecule has 0 bridgehead atoms. The largest absolute Gasteiger partial charge is 0.365 e. The summed E-state index contributed by atoms with van der Waals surface area (Å²) in [6.45, 7) is 4.29. The molecule has 6 heteroatoms. The minimum absolute atomic E-state index is 0.201. The second-order valence-electron chi connectivity index (χ2n) is 6.34. The van der Waals surface area contributed by atoms with E-state index in [1.54, 1.807) is 17.8 Å². The quantitative estimate of drug-likeness (QED) is 0.765. The lowest BCUT2D eigenvalue weighted by Gasteiger charge is -2.18. The highest BCUT2D eigenvalue weighted by atomic mass is 32.2. The van der Waals surface area contributed by atoms with Gasteiger partial charge in [0.05, 0.1) is 5.56 Å². The lowest BCUT2D eigenvalue weighted by atomic mass is 9.88. The second-order valence-corrected chi connectivity index (χ2v) is 8.78. The van der Waals surface area contributed by atoms with E-state index in [-0.39, 0.29) is 5.91 Å². The van der Waals surface area contributed by atoms with Gasteiger partial charge in [0.25, 0.3) is 11.8 Å². The van der Waals surface area contributed by atoms with Crippen LogP contribution in [0.3, 0.4) is 0 Å². The average Bonchev–Trinajstić information content (AvgIpc) is 2.92. The van der Waals surface area contributed by atoms with E-state index in [0.717, 1.165) is 35.5 Å². The molecule has 0 fully saturated rings. The smallest absolute Gasteiger partial charge is 0.256 e. The van der Waals surface area contributed by atoms with Gasteiger partial charge >= 0.3 is 0 Å². The van der Waals surface area contributed by atoms with Crippen molar-refractivity contribution in [2.75, 3.05) is 11.1 Å². The molecule has 2 amide bonds. The standard InChI is InChI=1S/C19H22N2O2S2/c1-3-24-13-6-4-5-12(10-13)18(23)21-19-16(17(20)22)14-8-7-11(2)9-15(14)25-19/h4-6,10-11H,3,7-9H2,1-2H3,(H2,20,22)(H,21,23). The molecule has 0 aliphatic heterocycles. The molecule has 3 N–H and O–H groups in total. The molecule has 1 unspecified atom stereocenters. The molecule has 1 aromatic carbocycles. The Morgan fingerprint density at radius 2 is 2.20 bits per heavy atom. The summed E-state index contributed by atoms with van der Waals surface area (Å²) in [6, 6.07) is 7.53. The first kappa shape index (κ1) is 18.0. The number of fused-ring (bicyclic) bond motifs is 1. The Bertz CT molecular complexity index is 814. The number of benzene rings is 1. The predicted molar refractivity (Wildman–Crippen MR) is 105 cm³/mol. The topological polar surface area (TPSA) is 72.2 Å². The molecular weight excluding hydrogens is 352 g/mol. The fraction of sp³-hybridized carbons (Fsp3) is 0.368. The third kappa shape index (κ3) is 3.90. The van der Waals surface area contributed by atoms with Crippen LogP contribution in [-0.2, 0) is 12.8 Å². The number of nitrogens with one attached hydrogen (secondary N) is 1. The molecule has 1 atom stereocenters. The van der Waals surface area contributed by atoms with Gasteiger partial charge in [-0.25, -0.2) is 0 Å². The van der Waals surface area contributed by atoms with Crippen LogP contribution in [-0.4, -0.2) is 17.6 Å². The van der Waals surface area contributed by atoms with Gasteiger partial charge in [0.2, 0.25) is 0 Å². The number of amides is 2. The Hall–Kier alpha value is -1.79. The molecule has 1 aromatic heterocycles. The zero-order valence-electron chi connectivity index (χ0n) is 14.4. The zero-order valence-corrected chi connectivity index (χ0v) is 16.1. The molecular formula is C19H22N2O2S2. The Labute approximate surface area is 156 Å². The predicted octanol–water partition coefficient (Wildman–Crippen LogP) is 4.34. The van der Waals surface area contributed by atoms with Gasteiger partial charge in [-0.1, -0.05) is 19.9 Å². The molecule has 4 nitrogen and oxygen atoms in total. The van der Waals surface area contributed by atoms with Gasteiger partial charge in [0, 0.05) is 15.3 Å². The first-order chi connectivity index (χ1) is 12.0. The molecule has 1 heterocycles. The van der Waals surface area contributed by atoms with E-state index in [4.69, 9.17) is 5.73 Å². The summed E-state index contributed by atoms with van der Waals surface area (Å²) in [4.78, 5) is 26.9. The Morgan fingerprint density at radius 1 is 1.40 bits per heavy atom.